The second kappa shape index (κ2) is 11.8. The van der Waals surface area contributed by atoms with Crippen LogP contribution in [0, 0.1) is 0 Å². The van der Waals surface area contributed by atoms with Crippen molar-refractivity contribution < 1.29 is 4.74 Å². The van der Waals surface area contributed by atoms with E-state index in [4.69, 9.17) is 4.74 Å². The quantitative estimate of drug-likeness (QED) is 0.380. The maximum Gasteiger partial charge on any atom is 0.191 e. The smallest absolute Gasteiger partial charge is 0.191 e. The van der Waals surface area contributed by atoms with Crippen LogP contribution in [0.3, 0.4) is 0 Å². The summed E-state index contributed by atoms with van der Waals surface area (Å²) >= 11 is 0. The van der Waals surface area contributed by atoms with Gasteiger partial charge in [-0.05, 0) is 49.9 Å². The molecule has 1 unspecified atom stereocenters. The predicted octanol–water partition coefficient (Wildman–Crippen LogP) is 3.13. The summed E-state index contributed by atoms with van der Waals surface area (Å²) in [5, 5.41) is 6.84. The zero-order chi connectivity index (χ0) is 17.3. The molecule has 6 heteroatoms. The minimum atomic E-state index is 0. The highest BCUT2D eigenvalue weighted by Crippen LogP contribution is 2.16. The van der Waals surface area contributed by atoms with Crippen molar-refractivity contribution in [1.29, 1.82) is 0 Å². The van der Waals surface area contributed by atoms with Crippen molar-refractivity contribution in [3.8, 4) is 0 Å². The number of aliphatic imine (C=N–C) groups is 1. The van der Waals surface area contributed by atoms with Crippen LogP contribution in [-0.2, 0) is 17.8 Å². The molecule has 2 N–H and O–H groups in total. The van der Waals surface area contributed by atoms with Gasteiger partial charge in [0.2, 0.25) is 0 Å². The van der Waals surface area contributed by atoms with Crippen LogP contribution in [-0.4, -0.2) is 50.3 Å². The van der Waals surface area contributed by atoms with E-state index in [-0.39, 0.29) is 24.0 Å². The molecule has 2 aliphatic heterocycles. The fourth-order valence-corrected chi connectivity index (χ4v) is 3.66. The molecule has 26 heavy (non-hydrogen) atoms. The average molecular weight is 472 g/mol. The number of piperidine rings is 1. The van der Waals surface area contributed by atoms with Gasteiger partial charge in [0.25, 0.3) is 0 Å². The summed E-state index contributed by atoms with van der Waals surface area (Å²) in [7, 11) is 1.82. The number of benzene rings is 1. The highest BCUT2D eigenvalue weighted by atomic mass is 127. The predicted molar refractivity (Wildman–Crippen MR) is 118 cm³/mol. The number of hydrogen-bond acceptors (Lipinski definition) is 3. The molecule has 0 bridgehead atoms. The molecule has 2 saturated heterocycles. The van der Waals surface area contributed by atoms with Gasteiger partial charge in [-0.3, -0.25) is 9.89 Å². The van der Waals surface area contributed by atoms with Crippen LogP contribution in [0.5, 0.6) is 0 Å². The molecular weight excluding hydrogens is 439 g/mol. The molecule has 1 aromatic carbocycles. The largest absolute Gasteiger partial charge is 0.376 e. The van der Waals surface area contributed by atoms with Crippen molar-refractivity contribution in [1.82, 2.24) is 15.5 Å². The van der Waals surface area contributed by atoms with Crippen molar-refractivity contribution in [3.05, 3.63) is 35.4 Å². The van der Waals surface area contributed by atoms with Crippen molar-refractivity contribution >= 4 is 29.9 Å². The van der Waals surface area contributed by atoms with E-state index in [1.807, 2.05) is 7.05 Å². The van der Waals surface area contributed by atoms with Gasteiger partial charge in [0.15, 0.2) is 5.96 Å². The maximum atomic E-state index is 5.66. The molecule has 0 spiro atoms. The summed E-state index contributed by atoms with van der Waals surface area (Å²) in [6.07, 6.45) is 6.68. The monoisotopic (exact) mass is 472 g/mol. The first-order chi connectivity index (χ1) is 12.3. The molecule has 0 saturated carbocycles. The number of nitrogens with zero attached hydrogens (tertiary/aromatic N) is 2. The van der Waals surface area contributed by atoms with Crippen LogP contribution in [0.1, 0.15) is 43.2 Å². The van der Waals surface area contributed by atoms with Crippen LogP contribution in [0.25, 0.3) is 0 Å². The molecule has 0 radical (unpaired) electrons. The van der Waals surface area contributed by atoms with Crippen LogP contribution < -0.4 is 10.6 Å². The lowest BCUT2D eigenvalue weighted by molar-refractivity contribution is 0.114. The van der Waals surface area contributed by atoms with Gasteiger partial charge in [-0.25, -0.2) is 0 Å². The number of halogens is 1. The van der Waals surface area contributed by atoms with E-state index in [2.05, 4.69) is 44.8 Å². The second-order valence-corrected chi connectivity index (χ2v) is 7.05. The molecule has 146 valence electrons. The number of ether oxygens (including phenoxy) is 1. The number of likely N-dealkylation sites (tertiary alicyclic amines) is 1. The number of nitrogens with one attached hydrogen (secondary N) is 2. The minimum absolute atomic E-state index is 0. The Morgan fingerprint density at radius 2 is 1.88 bits per heavy atom. The summed E-state index contributed by atoms with van der Waals surface area (Å²) in [4.78, 5) is 6.91. The van der Waals surface area contributed by atoms with E-state index in [9.17, 15) is 0 Å². The minimum Gasteiger partial charge on any atom is -0.376 e. The number of rotatable bonds is 6. The van der Waals surface area contributed by atoms with Crippen molar-refractivity contribution in [2.75, 3.05) is 33.3 Å². The summed E-state index contributed by atoms with van der Waals surface area (Å²) < 4.78 is 5.66. The first-order valence-corrected chi connectivity index (χ1v) is 9.70. The lowest BCUT2D eigenvalue weighted by Crippen LogP contribution is -2.40. The third-order valence-electron chi connectivity index (χ3n) is 5.15. The van der Waals surface area contributed by atoms with Gasteiger partial charge < -0.3 is 15.4 Å². The number of hydrogen-bond donors (Lipinski definition) is 2. The molecular formula is C20H33IN4O. The Bertz CT molecular complexity index is 554. The first kappa shape index (κ1) is 21.4. The summed E-state index contributed by atoms with van der Waals surface area (Å²) in [6, 6.07) is 8.75. The third-order valence-corrected chi connectivity index (χ3v) is 5.15. The van der Waals surface area contributed by atoms with Crippen LogP contribution in [0.15, 0.2) is 29.3 Å². The fraction of sp³-hybridized carbons (Fsp3) is 0.650. The Balaban J connectivity index is 0.00000243. The van der Waals surface area contributed by atoms with Crippen molar-refractivity contribution in [2.24, 2.45) is 4.99 Å². The maximum absolute atomic E-state index is 5.66. The van der Waals surface area contributed by atoms with Gasteiger partial charge in [0.1, 0.15) is 0 Å². The van der Waals surface area contributed by atoms with E-state index in [0.717, 1.165) is 38.6 Å². The van der Waals surface area contributed by atoms with Gasteiger partial charge >= 0.3 is 0 Å². The van der Waals surface area contributed by atoms with Gasteiger partial charge in [-0.2, -0.15) is 0 Å². The highest BCUT2D eigenvalue weighted by Gasteiger charge is 2.16. The fourth-order valence-electron chi connectivity index (χ4n) is 3.66. The Labute approximate surface area is 175 Å². The molecule has 2 heterocycles. The van der Waals surface area contributed by atoms with Gasteiger partial charge in [-0.15, -0.1) is 24.0 Å². The molecule has 3 rings (SSSR count). The van der Waals surface area contributed by atoms with Crippen LogP contribution in [0.4, 0.5) is 0 Å². The topological polar surface area (TPSA) is 48.9 Å². The molecule has 0 aliphatic carbocycles. The Kier molecular flexibility index (Phi) is 9.71. The van der Waals surface area contributed by atoms with E-state index in [1.54, 1.807) is 0 Å². The normalized spacial score (nSPS) is 21.3. The van der Waals surface area contributed by atoms with E-state index >= 15 is 0 Å². The Morgan fingerprint density at radius 3 is 2.58 bits per heavy atom. The highest BCUT2D eigenvalue weighted by molar-refractivity contribution is 14.0. The Hall–Kier alpha value is -0.860. The molecule has 1 atom stereocenters. The van der Waals surface area contributed by atoms with Gasteiger partial charge in [0.05, 0.1) is 6.10 Å². The first-order valence-electron chi connectivity index (χ1n) is 9.70. The molecule has 1 aromatic rings. The SMILES string of the molecule is CN=C(NCc1ccccc1CN1CCCCC1)NCC1CCCO1.I. The Morgan fingerprint density at radius 1 is 1.12 bits per heavy atom. The van der Waals surface area contributed by atoms with Gasteiger partial charge in [-0.1, -0.05) is 30.7 Å². The summed E-state index contributed by atoms with van der Waals surface area (Å²) in [5.41, 5.74) is 2.78. The zero-order valence-electron chi connectivity index (χ0n) is 15.9. The third kappa shape index (κ3) is 6.70. The molecule has 0 amide bonds. The lowest BCUT2D eigenvalue weighted by atomic mass is 10.0. The van der Waals surface area contributed by atoms with Crippen molar-refractivity contribution in [2.45, 2.75) is 51.3 Å². The van der Waals surface area contributed by atoms with Crippen LogP contribution >= 0.6 is 24.0 Å². The molecule has 2 aliphatic rings. The lowest BCUT2D eigenvalue weighted by Gasteiger charge is -2.27. The second-order valence-electron chi connectivity index (χ2n) is 7.05. The van der Waals surface area contributed by atoms with E-state index in [0.29, 0.717) is 6.10 Å². The standard InChI is InChI=1S/C20H32N4O.HI/c1-21-20(23-15-19-10-7-13-25-19)22-14-17-8-3-4-9-18(17)16-24-11-5-2-6-12-24;/h3-4,8-9,19H,2,5-7,10-16H2,1H3,(H2,21,22,23);1H. The molecule has 5 nitrogen and oxygen atoms in total. The van der Waals surface area contributed by atoms with Gasteiger partial charge in [0, 0.05) is 33.3 Å². The zero-order valence-corrected chi connectivity index (χ0v) is 18.2. The summed E-state index contributed by atoms with van der Waals surface area (Å²) in [5.74, 6) is 0.850. The van der Waals surface area contributed by atoms with E-state index in [1.165, 1.54) is 49.9 Å². The number of guanidine groups is 1. The van der Waals surface area contributed by atoms with E-state index < -0.39 is 0 Å². The molecule has 2 fully saturated rings. The molecule has 0 aromatic heterocycles. The summed E-state index contributed by atoms with van der Waals surface area (Å²) in [6.45, 7) is 6.03. The van der Waals surface area contributed by atoms with Crippen LogP contribution in [0.2, 0.25) is 0 Å². The van der Waals surface area contributed by atoms with Crippen molar-refractivity contribution in [3.63, 3.8) is 0 Å². The average Bonchev–Trinajstić information content (AvgIpc) is 3.17.